The highest BCUT2D eigenvalue weighted by atomic mass is 16.5. The van der Waals surface area contributed by atoms with Gasteiger partial charge in [0.25, 0.3) is 5.91 Å². The van der Waals surface area contributed by atoms with Gasteiger partial charge in [-0.1, -0.05) is 30.3 Å². The fourth-order valence-electron chi connectivity index (χ4n) is 1.82. The molecule has 0 saturated carbocycles. The molecule has 0 fully saturated rings. The molecule has 1 atom stereocenters. The zero-order chi connectivity index (χ0) is 15.7. The van der Waals surface area contributed by atoms with Gasteiger partial charge >= 0.3 is 11.9 Å². The first-order chi connectivity index (χ1) is 9.99. The molecule has 0 aliphatic heterocycles. The Kier molecular flexibility index (Phi) is 6.94. The summed E-state index contributed by atoms with van der Waals surface area (Å²) in [5, 5.41) is 11.4. The van der Waals surface area contributed by atoms with Gasteiger partial charge < -0.3 is 15.2 Å². The van der Waals surface area contributed by atoms with Crippen LogP contribution in [0, 0.1) is 0 Å². The number of aliphatic carboxylic acids is 1. The smallest absolute Gasteiger partial charge is 0.326 e. The van der Waals surface area contributed by atoms with Crippen LogP contribution in [0.25, 0.3) is 0 Å². The Bertz CT molecular complexity index is 486. The van der Waals surface area contributed by atoms with Crippen molar-refractivity contribution in [3.05, 3.63) is 35.9 Å². The molecule has 1 rings (SSSR count). The van der Waals surface area contributed by atoms with Crippen molar-refractivity contribution in [3.63, 3.8) is 0 Å². The van der Waals surface area contributed by atoms with Crippen LogP contribution in [0.4, 0.5) is 0 Å². The van der Waals surface area contributed by atoms with Crippen molar-refractivity contribution in [1.29, 1.82) is 0 Å². The Labute approximate surface area is 123 Å². The number of rotatable bonds is 8. The Balaban J connectivity index is 2.38. The van der Waals surface area contributed by atoms with Crippen LogP contribution in [-0.2, 0) is 25.5 Å². The Morgan fingerprint density at radius 1 is 1.24 bits per heavy atom. The highest BCUT2D eigenvalue weighted by molar-refractivity contribution is 5.85. The SMILES string of the molecule is CC(=O)OCC(=O)N[C@@H](CCCc1ccccc1)C(=O)O. The van der Waals surface area contributed by atoms with E-state index in [2.05, 4.69) is 10.1 Å². The van der Waals surface area contributed by atoms with E-state index >= 15 is 0 Å². The highest BCUT2D eigenvalue weighted by Gasteiger charge is 2.19. The number of amides is 1. The Morgan fingerprint density at radius 2 is 1.90 bits per heavy atom. The molecule has 6 nitrogen and oxygen atoms in total. The molecule has 2 N–H and O–H groups in total. The zero-order valence-corrected chi connectivity index (χ0v) is 11.9. The summed E-state index contributed by atoms with van der Waals surface area (Å²) >= 11 is 0. The summed E-state index contributed by atoms with van der Waals surface area (Å²) in [6.07, 6.45) is 1.69. The number of carbonyl (C=O) groups is 3. The molecule has 1 aromatic carbocycles. The minimum atomic E-state index is -1.10. The van der Waals surface area contributed by atoms with Gasteiger partial charge in [-0.25, -0.2) is 4.79 Å². The quantitative estimate of drug-likeness (QED) is 0.701. The van der Waals surface area contributed by atoms with E-state index in [4.69, 9.17) is 5.11 Å². The average molecular weight is 293 g/mol. The second-order valence-corrected chi connectivity index (χ2v) is 4.62. The standard InChI is InChI=1S/C15H19NO5/c1-11(17)21-10-14(18)16-13(15(19)20)9-5-8-12-6-3-2-4-7-12/h2-4,6-7,13H,5,8-10H2,1H3,(H,16,18)(H,19,20)/t13-/m0/s1. The molecular formula is C15H19NO5. The Morgan fingerprint density at radius 3 is 2.48 bits per heavy atom. The number of hydrogen-bond acceptors (Lipinski definition) is 4. The fraction of sp³-hybridized carbons (Fsp3) is 0.400. The van der Waals surface area contributed by atoms with Gasteiger partial charge in [-0.3, -0.25) is 9.59 Å². The van der Waals surface area contributed by atoms with Gasteiger partial charge in [-0.05, 0) is 24.8 Å². The van der Waals surface area contributed by atoms with E-state index in [0.29, 0.717) is 12.8 Å². The van der Waals surface area contributed by atoms with Gasteiger partial charge in [0.2, 0.25) is 0 Å². The molecule has 114 valence electrons. The average Bonchev–Trinajstić information content (AvgIpc) is 2.45. The largest absolute Gasteiger partial charge is 0.480 e. The second kappa shape index (κ2) is 8.73. The van der Waals surface area contributed by atoms with Gasteiger partial charge in [0.05, 0.1) is 0 Å². The molecule has 0 bridgehead atoms. The molecule has 1 aromatic rings. The number of carboxylic acids is 1. The van der Waals surface area contributed by atoms with E-state index in [1.807, 2.05) is 30.3 Å². The van der Waals surface area contributed by atoms with Crippen LogP contribution in [0.2, 0.25) is 0 Å². The number of esters is 1. The van der Waals surface area contributed by atoms with E-state index in [-0.39, 0.29) is 0 Å². The van der Waals surface area contributed by atoms with Gasteiger partial charge in [0.1, 0.15) is 6.04 Å². The number of aryl methyl sites for hydroxylation is 1. The maximum absolute atomic E-state index is 11.4. The van der Waals surface area contributed by atoms with Crippen molar-refractivity contribution < 1.29 is 24.2 Å². The topological polar surface area (TPSA) is 92.7 Å². The number of benzene rings is 1. The highest BCUT2D eigenvalue weighted by Crippen LogP contribution is 2.07. The summed E-state index contributed by atoms with van der Waals surface area (Å²) in [6.45, 7) is 0.722. The third-order valence-electron chi connectivity index (χ3n) is 2.84. The minimum absolute atomic E-state index is 0.316. The van der Waals surface area contributed by atoms with Crippen LogP contribution in [0.1, 0.15) is 25.3 Å². The van der Waals surface area contributed by atoms with Crippen molar-refractivity contribution in [2.24, 2.45) is 0 Å². The predicted octanol–water partition coefficient (Wildman–Crippen LogP) is 1.14. The lowest BCUT2D eigenvalue weighted by Gasteiger charge is -2.14. The van der Waals surface area contributed by atoms with Crippen molar-refractivity contribution in [3.8, 4) is 0 Å². The van der Waals surface area contributed by atoms with E-state index in [1.54, 1.807) is 0 Å². The molecule has 21 heavy (non-hydrogen) atoms. The van der Waals surface area contributed by atoms with E-state index < -0.39 is 30.5 Å². The molecule has 0 radical (unpaired) electrons. The summed E-state index contributed by atoms with van der Waals surface area (Å²) in [6, 6.07) is 8.72. The third-order valence-corrected chi connectivity index (χ3v) is 2.84. The first kappa shape index (κ1) is 16.7. The first-order valence-electron chi connectivity index (χ1n) is 6.68. The molecule has 0 saturated heterocycles. The monoisotopic (exact) mass is 293 g/mol. The summed E-state index contributed by atoms with van der Waals surface area (Å²) in [7, 11) is 0. The van der Waals surface area contributed by atoms with E-state index in [9.17, 15) is 14.4 Å². The molecule has 0 aliphatic rings. The summed E-state index contributed by atoms with van der Waals surface area (Å²) in [5.74, 6) is -2.29. The van der Waals surface area contributed by atoms with Crippen LogP contribution in [-0.4, -0.2) is 35.6 Å². The molecular weight excluding hydrogens is 274 g/mol. The maximum Gasteiger partial charge on any atom is 0.326 e. The van der Waals surface area contributed by atoms with Crippen LogP contribution < -0.4 is 5.32 Å². The molecule has 0 aromatic heterocycles. The number of nitrogens with one attached hydrogen (secondary N) is 1. The minimum Gasteiger partial charge on any atom is -0.480 e. The molecule has 0 unspecified atom stereocenters. The second-order valence-electron chi connectivity index (χ2n) is 4.62. The lowest BCUT2D eigenvalue weighted by molar-refractivity contribution is -0.148. The van der Waals surface area contributed by atoms with Crippen LogP contribution in [0.15, 0.2) is 30.3 Å². The molecule has 1 amide bonds. The molecule has 0 aliphatic carbocycles. The zero-order valence-electron chi connectivity index (χ0n) is 11.9. The van der Waals surface area contributed by atoms with Crippen molar-refractivity contribution in [1.82, 2.24) is 5.32 Å². The fourth-order valence-corrected chi connectivity index (χ4v) is 1.82. The van der Waals surface area contributed by atoms with Crippen LogP contribution >= 0.6 is 0 Å². The number of ether oxygens (including phenoxy) is 1. The summed E-state index contributed by atoms with van der Waals surface area (Å²) in [5.41, 5.74) is 1.12. The third kappa shape index (κ3) is 7.10. The van der Waals surface area contributed by atoms with E-state index in [0.717, 1.165) is 12.0 Å². The normalized spacial score (nSPS) is 11.5. The number of carbonyl (C=O) groups excluding carboxylic acids is 2. The molecule has 6 heteroatoms. The van der Waals surface area contributed by atoms with Gasteiger partial charge in [0.15, 0.2) is 6.61 Å². The van der Waals surface area contributed by atoms with Crippen molar-refractivity contribution >= 4 is 17.8 Å². The lowest BCUT2D eigenvalue weighted by Crippen LogP contribution is -2.42. The molecule has 0 heterocycles. The predicted molar refractivity (Wildman–Crippen MR) is 75.6 cm³/mol. The van der Waals surface area contributed by atoms with Gasteiger partial charge in [-0.15, -0.1) is 0 Å². The summed E-state index contributed by atoms with van der Waals surface area (Å²) < 4.78 is 4.51. The summed E-state index contributed by atoms with van der Waals surface area (Å²) in [4.78, 5) is 33.1. The maximum atomic E-state index is 11.4. The van der Waals surface area contributed by atoms with Gasteiger partial charge in [0, 0.05) is 6.92 Å². The van der Waals surface area contributed by atoms with Crippen LogP contribution in [0.3, 0.4) is 0 Å². The van der Waals surface area contributed by atoms with E-state index in [1.165, 1.54) is 6.92 Å². The number of carboxylic acid groups (broad SMARTS) is 1. The Hall–Kier alpha value is -2.37. The van der Waals surface area contributed by atoms with Crippen LogP contribution in [0.5, 0.6) is 0 Å². The van der Waals surface area contributed by atoms with Crippen molar-refractivity contribution in [2.75, 3.05) is 6.61 Å². The molecule has 0 spiro atoms. The van der Waals surface area contributed by atoms with Gasteiger partial charge in [-0.2, -0.15) is 0 Å². The van der Waals surface area contributed by atoms with Crippen molar-refractivity contribution in [2.45, 2.75) is 32.2 Å². The number of hydrogen-bond donors (Lipinski definition) is 2. The first-order valence-corrected chi connectivity index (χ1v) is 6.68. The lowest BCUT2D eigenvalue weighted by atomic mass is 10.0.